The molecule has 0 amide bonds. The van der Waals surface area contributed by atoms with E-state index >= 15 is 0 Å². The zero-order chi connectivity index (χ0) is 6.57. The van der Waals surface area contributed by atoms with Gasteiger partial charge in [0.1, 0.15) is 5.76 Å². The lowest BCUT2D eigenvalue weighted by atomic mass is 10.4. The SMILES string of the molecule is C=C/C(OC)=C(\C)Cl. The van der Waals surface area contributed by atoms with E-state index in [-0.39, 0.29) is 0 Å². The summed E-state index contributed by atoms with van der Waals surface area (Å²) in [6.45, 7) is 5.24. The van der Waals surface area contributed by atoms with E-state index in [0.29, 0.717) is 10.8 Å². The van der Waals surface area contributed by atoms with Gasteiger partial charge in [0.05, 0.1) is 12.1 Å². The van der Waals surface area contributed by atoms with Crippen molar-refractivity contribution in [3.05, 3.63) is 23.4 Å². The first-order valence-corrected chi connectivity index (χ1v) is 2.63. The fourth-order valence-electron chi connectivity index (χ4n) is 0.365. The summed E-state index contributed by atoms with van der Waals surface area (Å²) in [5.74, 6) is 0.631. The standard InChI is InChI=1S/C6H9ClO/c1-4-6(8-3)5(2)7/h4H,1H2,2-3H3/b6-5-. The zero-order valence-corrected chi connectivity index (χ0v) is 5.83. The number of methoxy groups -OCH3 is 1. The molecule has 0 spiro atoms. The number of allylic oxidation sites excluding steroid dienone is 2. The van der Waals surface area contributed by atoms with E-state index in [9.17, 15) is 0 Å². The van der Waals surface area contributed by atoms with Crippen molar-refractivity contribution in [3.8, 4) is 0 Å². The first-order valence-electron chi connectivity index (χ1n) is 2.25. The van der Waals surface area contributed by atoms with Crippen molar-refractivity contribution in [1.29, 1.82) is 0 Å². The third-order valence-electron chi connectivity index (χ3n) is 0.745. The summed E-state index contributed by atoms with van der Waals surface area (Å²) < 4.78 is 4.79. The highest BCUT2D eigenvalue weighted by Crippen LogP contribution is 2.08. The van der Waals surface area contributed by atoms with Gasteiger partial charge in [-0.15, -0.1) is 0 Å². The molecule has 0 aliphatic heterocycles. The van der Waals surface area contributed by atoms with E-state index in [0.717, 1.165) is 0 Å². The molecule has 0 aliphatic carbocycles. The van der Waals surface area contributed by atoms with Crippen LogP contribution in [0.15, 0.2) is 23.4 Å². The van der Waals surface area contributed by atoms with Gasteiger partial charge in [-0.3, -0.25) is 0 Å². The maximum absolute atomic E-state index is 5.53. The van der Waals surface area contributed by atoms with Crippen LogP contribution in [0.5, 0.6) is 0 Å². The molecule has 0 N–H and O–H groups in total. The van der Waals surface area contributed by atoms with E-state index in [2.05, 4.69) is 6.58 Å². The van der Waals surface area contributed by atoms with Crippen LogP contribution in [0.3, 0.4) is 0 Å². The lowest BCUT2D eigenvalue weighted by Gasteiger charge is -1.97. The van der Waals surface area contributed by atoms with Crippen molar-refractivity contribution in [3.63, 3.8) is 0 Å². The molecule has 0 saturated heterocycles. The monoisotopic (exact) mass is 132 g/mol. The lowest BCUT2D eigenvalue weighted by molar-refractivity contribution is 0.305. The molecular formula is C6H9ClO. The van der Waals surface area contributed by atoms with Gasteiger partial charge >= 0.3 is 0 Å². The first-order chi connectivity index (χ1) is 3.72. The Morgan fingerprint density at radius 2 is 2.25 bits per heavy atom. The number of hydrogen-bond acceptors (Lipinski definition) is 1. The van der Waals surface area contributed by atoms with Crippen LogP contribution in [0.1, 0.15) is 6.92 Å². The Balaban J connectivity index is 4.07. The maximum Gasteiger partial charge on any atom is 0.132 e. The van der Waals surface area contributed by atoms with Crippen molar-refractivity contribution in [2.45, 2.75) is 6.92 Å². The molecule has 0 unspecified atom stereocenters. The smallest absolute Gasteiger partial charge is 0.132 e. The summed E-state index contributed by atoms with van der Waals surface area (Å²) >= 11 is 5.53. The van der Waals surface area contributed by atoms with E-state index in [1.165, 1.54) is 0 Å². The Morgan fingerprint density at radius 3 is 2.25 bits per heavy atom. The van der Waals surface area contributed by atoms with Crippen molar-refractivity contribution >= 4 is 11.6 Å². The largest absolute Gasteiger partial charge is 0.496 e. The Kier molecular flexibility index (Phi) is 3.37. The zero-order valence-electron chi connectivity index (χ0n) is 5.07. The third-order valence-corrected chi connectivity index (χ3v) is 0.931. The van der Waals surface area contributed by atoms with Gasteiger partial charge in [-0.2, -0.15) is 0 Å². The summed E-state index contributed by atoms with van der Waals surface area (Å²) in [6.07, 6.45) is 1.57. The van der Waals surface area contributed by atoms with Crippen LogP contribution in [0.25, 0.3) is 0 Å². The summed E-state index contributed by atoms with van der Waals surface area (Å²) in [7, 11) is 1.56. The summed E-state index contributed by atoms with van der Waals surface area (Å²) in [5.41, 5.74) is 0. The molecule has 0 aromatic heterocycles. The van der Waals surface area contributed by atoms with Crippen LogP contribution >= 0.6 is 11.6 Å². The van der Waals surface area contributed by atoms with E-state index < -0.39 is 0 Å². The highest BCUT2D eigenvalue weighted by Gasteiger charge is 1.90. The molecule has 0 rings (SSSR count). The Morgan fingerprint density at radius 1 is 1.75 bits per heavy atom. The van der Waals surface area contributed by atoms with Gasteiger partial charge in [-0.1, -0.05) is 18.2 Å². The molecular weight excluding hydrogens is 124 g/mol. The molecule has 0 bridgehead atoms. The topological polar surface area (TPSA) is 9.23 Å². The van der Waals surface area contributed by atoms with E-state index in [1.807, 2.05) is 0 Å². The average molecular weight is 133 g/mol. The van der Waals surface area contributed by atoms with Crippen molar-refractivity contribution < 1.29 is 4.74 Å². The van der Waals surface area contributed by atoms with Crippen LogP contribution in [0.2, 0.25) is 0 Å². The fourth-order valence-corrected chi connectivity index (χ4v) is 0.519. The first kappa shape index (κ1) is 7.57. The molecule has 0 aromatic carbocycles. The highest BCUT2D eigenvalue weighted by molar-refractivity contribution is 6.29. The molecule has 0 fully saturated rings. The predicted octanol–water partition coefficient (Wildman–Crippen LogP) is 2.29. The number of rotatable bonds is 2. The molecule has 2 heteroatoms. The van der Waals surface area contributed by atoms with Gasteiger partial charge < -0.3 is 4.74 Å². The number of halogens is 1. The molecule has 0 saturated carbocycles. The molecule has 46 valence electrons. The van der Waals surface area contributed by atoms with Crippen molar-refractivity contribution in [2.24, 2.45) is 0 Å². The second kappa shape index (κ2) is 3.56. The highest BCUT2D eigenvalue weighted by atomic mass is 35.5. The van der Waals surface area contributed by atoms with Crippen LogP contribution in [0, 0.1) is 0 Å². The summed E-state index contributed by atoms with van der Waals surface area (Å²) in [4.78, 5) is 0. The molecule has 8 heavy (non-hydrogen) atoms. The van der Waals surface area contributed by atoms with Gasteiger partial charge in [-0.25, -0.2) is 0 Å². The van der Waals surface area contributed by atoms with Gasteiger partial charge in [0.2, 0.25) is 0 Å². The van der Waals surface area contributed by atoms with Crippen LogP contribution < -0.4 is 0 Å². The Bertz CT molecular complexity index is 112. The molecule has 1 nitrogen and oxygen atoms in total. The Labute approximate surface area is 54.6 Å². The predicted molar refractivity (Wildman–Crippen MR) is 35.8 cm³/mol. The fraction of sp³-hybridized carbons (Fsp3) is 0.333. The third kappa shape index (κ3) is 2.03. The van der Waals surface area contributed by atoms with Crippen LogP contribution in [0.4, 0.5) is 0 Å². The minimum absolute atomic E-state index is 0.627. The minimum atomic E-state index is 0.627. The lowest BCUT2D eigenvalue weighted by Crippen LogP contribution is -1.81. The maximum atomic E-state index is 5.53. The van der Waals surface area contributed by atoms with Crippen LogP contribution in [-0.2, 0) is 4.74 Å². The van der Waals surface area contributed by atoms with Crippen LogP contribution in [-0.4, -0.2) is 7.11 Å². The number of ether oxygens (including phenoxy) is 1. The second-order valence-electron chi connectivity index (χ2n) is 1.31. The molecule has 0 heterocycles. The molecule has 0 radical (unpaired) electrons. The van der Waals surface area contributed by atoms with Gasteiger partial charge in [0.15, 0.2) is 0 Å². The molecule has 0 atom stereocenters. The van der Waals surface area contributed by atoms with Gasteiger partial charge in [0, 0.05) is 0 Å². The Hall–Kier alpha value is -0.430. The average Bonchev–Trinajstić information content (AvgIpc) is 1.69. The van der Waals surface area contributed by atoms with E-state index in [1.54, 1.807) is 20.1 Å². The van der Waals surface area contributed by atoms with Gasteiger partial charge in [0.25, 0.3) is 0 Å². The second-order valence-corrected chi connectivity index (χ2v) is 1.87. The van der Waals surface area contributed by atoms with Gasteiger partial charge in [-0.05, 0) is 13.0 Å². The summed E-state index contributed by atoms with van der Waals surface area (Å²) in [5, 5.41) is 0.627. The normalized spacial score (nSPS) is 12.4. The molecule has 0 aromatic rings. The molecule has 0 aliphatic rings. The van der Waals surface area contributed by atoms with Crippen molar-refractivity contribution in [1.82, 2.24) is 0 Å². The van der Waals surface area contributed by atoms with E-state index in [4.69, 9.17) is 16.3 Å². The minimum Gasteiger partial charge on any atom is -0.496 e. The summed E-state index contributed by atoms with van der Waals surface area (Å²) in [6, 6.07) is 0. The van der Waals surface area contributed by atoms with Crippen molar-refractivity contribution in [2.75, 3.05) is 7.11 Å². The quantitative estimate of drug-likeness (QED) is 0.414. The number of hydrogen-bond donors (Lipinski definition) is 0.